The van der Waals surface area contributed by atoms with E-state index >= 15 is 0 Å². The lowest BCUT2D eigenvalue weighted by atomic mass is 10.2. The van der Waals surface area contributed by atoms with Crippen LogP contribution in [0.5, 0.6) is 0 Å². The lowest BCUT2D eigenvalue weighted by Crippen LogP contribution is -1.96. The van der Waals surface area contributed by atoms with Crippen molar-refractivity contribution in [2.75, 3.05) is 0 Å². The van der Waals surface area contributed by atoms with E-state index in [4.69, 9.17) is 0 Å². The first-order valence-corrected chi connectivity index (χ1v) is 7.42. The Morgan fingerprint density at radius 2 is 2.10 bits per heavy atom. The average Bonchev–Trinajstić information content (AvgIpc) is 3.22. The van der Waals surface area contributed by atoms with Gasteiger partial charge < -0.3 is 4.98 Å². The van der Waals surface area contributed by atoms with E-state index < -0.39 is 0 Å². The normalized spacial score (nSPS) is 11.1. The first-order valence-electron chi connectivity index (χ1n) is 7.42. The first-order chi connectivity index (χ1) is 10.3. The van der Waals surface area contributed by atoms with E-state index in [1.165, 1.54) is 6.42 Å². The molecule has 3 rings (SSSR count). The molecule has 6 nitrogen and oxygen atoms in total. The molecule has 3 aromatic heterocycles. The standard InChI is InChI=1S/C15H20N6/c1-3-5-6-14-17-10-13(19-14)15-16-7-8-21(15)12-9-18-20(4-2)11-12/h7-11H,3-6H2,1-2H3,(H,17,19). The van der Waals surface area contributed by atoms with E-state index in [-0.39, 0.29) is 0 Å². The van der Waals surface area contributed by atoms with Gasteiger partial charge in [-0.15, -0.1) is 0 Å². The third-order valence-corrected chi connectivity index (χ3v) is 3.50. The van der Waals surface area contributed by atoms with Crippen molar-refractivity contribution in [3.8, 4) is 17.2 Å². The molecule has 0 radical (unpaired) electrons. The molecule has 0 aliphatic heterocycles. The van der Waals surface area contributed by atoms with Crippen molar-refractivity contribution >= 4 is 0 Å². The highest BCUT2D eigenvalue weighted by Crippen LogP contribution is 2.20. The number of rotatable bonds is 6. The van der Waals surface area contributed by atoms with Gasteiger partial charge in [-0.2, -0.15) is 5.10 Å². The highest BCUT2D eigenvalue weighted by Gasteiger charge is 2.11. The molecule has 0 saturated carbocycles. The molecule has 21 heavy (non-hydrogen) atoms. The molecule has 3 aromatic rings. The summed E-state index contributed by atoms with van der Waals surface area (Å²) >= 11 is 0. The first kappa shape index (κ1) is 13.6. The number of unbranched alkanes of at least 4 members (excludes halogenated alkanes) is 1. The molecule has 0 aromatic carbocycles. The van der Waals surface area contributed by atoms with Gasteiger partial charge in [0.1, 0.15) is 11.5 Å². The van der Waals surface area contributed by atoms with Crippen LogP contribution in [0.25, 0.3) is 17.2 Å². The summed E-state index contributed by atoms with van der Waals surface area (Å²) in [5.74, 6) is 1.88. The zero-order valence-corrected chi connectivity index (χ0v) is 12.5. The third kappa shape index (κ3) is 2.74. The van der Waals surface area contributed by atoms with Crippen LogP contribution < -0.4 is 0 Å². The average molecular weight is 284 g/mol. The van der Waals surface area contributed by atoms with Crippen molar-refractivity contribution in [1.29, 1.82) is 0 Å². The number of aromatic amines is 1. The number of H-pyrrole nitrogens is 1. The quantitative estimate of drug-likeness (QED) is 0.757. The van der Waals surface area contributed by atoms with Gasteiger partial charge in [-0.3, -0.25) is 9.25 Å². The number of aromatic nitrogens is 6. The Morgan fingerprint density at radius 3 is 2.86 bits per heavy atom. The molecule has 3 heterocycles. The number of imidazole rings is 2. The van der Waals surface area contributed by atoms with Gasteiger partial charge in [0.2, 0.25) is 0 Å². The zero-order valence-electron chi connectivity index (χ0n) is 12.5. The summed E-state index contributed by atoms with van der Waals surface area (Å²) in [4.78, 5) is 12.2. The molecule has 0 amide bonds. The molecule has 1 N–H and O–H groups in total. The number of nitrogens with zero attached hydrogens (tertiary/aromatic N) is 5. The summed E-state index contributed by atoms with van der Waals surface area (Å²) in [6, 6.07) is 0. The second-order valence-corrected chi connectivity index (χ2v) is 5.02. The van der Waals surface area contributed by atoms with E-state index in [1.807, 2.05) is 34.0 Å². The van der Waals surface area contributed by atoms with Gasteiger partial charge >= 0.3 is 0 Å². The maximum atomic E-state index is 4.45. The second kappa shape index (κ2) is 5.95. The Labute approximate surface area is 123 Å². The van der Waals surface area contributed by atoms with Gasteiger partial charge in [0.25, 0.3) is 0 Å². The Kier molecular flexibility index (Phi) is 3.85. The van der Waals surface area contributed by atoms with Crippen LogP contribution >= 0.6 is 0 Å². The van der Waals surface area contributed by atoms with Crippen LogP contribution in [0, 0.1) is 0 Å². The molecule has 0 bridgehead atoms. The summed E-state index contributed by atoms with van der Waals surface area (Å²) < 4.78 is 3.93. The van der Waals surface area contributed by atoms with E-state index in [9.17, 15) is 0 Å². The van der Waals surface area contributed by atoms with Crippen LogP contribution in [0.3, 0.4) is 0 Å². The predicted molar refractivity (Wildman–Crippen MR) is 81.2 cm³/mol. The summed E-state index contributed by atoms with van der Waals surface area (Å²) in [5, 5.41) is 4.31. The molecule has 6 heteroatoms. The smallest absolute Gasteiger partial charge is 0.162 e. The molecule has 0 saturated heterocycles. The molecular formula is C15H20N6. The van der Waals surface area contributed by atoms with Gasteiger partial charge in [0, 0.05) is 31.6 Å². The molecular weight excluding hydrogens is 264 g/mol. The maximum absolute atomic E-state index is 4.45. The van der Waals surface area contributed by atoms with Crippen LogP contribution in [-0.2, 0) is 13.0 Å². The zero-order chi connectivity index (χ0) is 14.7. The highest BCUT2D eigenvalue weighted by atomic mass is 15.3. The van der Waals surface area contributed by atoms with E-state index in [0.29, 0.717) is 0 Å². The fourth-order valence-electron chi connectivity index (χ4n) is 2.31. The number of nitrogens with one attached hydrogen (secondary N) is 1. The van der Waals surface area contributed by atoms with Crippen molar-refractivity contribution in [1.82, 2.24) is 29.3 Å². The minimum absolute atomic E-state index is 0.856. The third-order valence-electron chi connectivity index (χ3n) is 3.50. The summed E-state index contributed by atoms with van der Waals surface area (Å²) in [5.41, 5.74) is 1.95. The predicted octanol–water partition coefficient (Wildman–Crippen LogP) is 2.82. The van der Waals surface area contributed by atoms with Gasteiger partial charge in [-0.1, -0.05) is 13.3 Å². The minimum Gasteiger partial charge on any atom is -0.339 e. The lowest BCUT2D eigenvalue weighted by Gasteiger charge is -2.02. The maximum Gasteiger partial charge on any atom is 0.162 e. The number of hydrogen-bond acceptors (Lipinski definition) is 3. The van der Waals surface area contributed by atoms with Crippen molar-refractivity contribution < 1.29 is 0 Å². The Bertz CT molecular complexity index is 705. The summed E-state index contributed by atoms with van der Waals surface area (Å²) in [7, 11) is 0. The van der Waals surface area contributed by atoms with Crippen molar-refractivity contribution in [2.24, 2.45) is 0 Å². The summed E-state index contributed by atoms with van der Waals surface area (Å²) in [6.45, 7) is 5.11. The second-order valence-electron chi connectivity index (χ2n) is 5.02. The van der Waals surface area contributed by atoms with Crippen molar-refractivity contribution in [2.45, 2.75) is 39.7 Å². The molecule has 0 aliphatic rings. The van der Waals surface area contributed by atoms with Gasteiger partial charge in [-0.05, 0) is 13.3 Å². The topological polar surface area (TPSA) is 64.3 Å². The van der Waals surface area contributed by atoms with Crippen molar-refractivity contribution in [3.05, 3.63) is 36.8 Å². The monoisotopic (exact) mass is 284 g/mol. The Balaban J connectivity index is 1.89. The Morgan fingerprint density at radius 1 is 1.19 bits per heavy atom. The van der Waals surface area contributed by atoms with E-state index in [2.05, 4.69) is 33.9 Å². The van der Waals surface area contributed by atoms with Crippen LogP contribution in [0.4, 0.5) is 0 Å². The van der Waals surface area contributed by atoms with Crippen LogP contribution in [0.2, 0.25) is 0 Å². The van der Waals surface area contributed by atoms with Crippen LogP contribution in [0.1, 0.15) is 32.5 Å². The molecule has 110 valence electrons. The number of hydrogen-bond donors (Lipinski definition) is 1. The minimum atomic E-state index is 0.856. The SMILES string of the molecule is CCCCc1ncc(-c2nccn2-c2cnn(CC)c2)[nH]1. The summed E-state index contributed by atoms with van der Waals surface area (Å²) in [6.07, 6.45) is 12.7. The largest absolute Gasteiger partial charge is 0.339 e. The fourth-order valence-corrected chi connectivity index (χ4v) is 2.31. The lowest BCUT2D eigenvalue weighted by molar-refractivity contribution is 0.659. The van der Waals surface area contributed by atoms with Crippen LogP contribution in [-0.4, -0.2) is 29.3 Å². The Hall–Kier alpha value is -2.37. The molecule has 0 spiro atoms. The van der Waals surface area contributed by atoms with Crippen LogP contribution in [0.15, 0.2) is 31.0 Å². The van der Waals surface area contributed by atoms with E-state index in [1.54, 1.807) is 6.20 Å². The van der Waals surface area contributed by atoms with Gasteiger partial charge in [0.05, 0.1) is 18.1 Å². The molecule has 0 fully saturated rings. The molecule has 0 unspecified atom stereocenters. The van der Waals surface area contributed by atoms with E-state index in [0.717, 1.165) is 42.4 Å². The van der Waals surface area contributed by atoms with Gasteiger partial charge in [-0.25, -0.2) is 9.97 Å². The molecule has 0 atom stereocenters. The fraction of sp³-hybridized carbons (Fsp3) is 0.400. The molecule has 0 aliphatic carbocycles. The highest BCUT2D eigenvalue weighted by molar-refractivity contribution is 5.52. The number of aryl methyl sites for hydroxylation is 2. The van der Waals surface area contributed by atoms with Gasteiger partial charge in [0.15, 0.2) is 5.82 Å². The van der Waals surface area contributed by atoms with Crippen molar-refractivity contribution in [3.63, 3.8) is 0 Å².